The first-order valence-corrected chi connectivity index (χ1v) is 5.81. The van der Waals surface area contributed by atoms with Gasteiger partial charge in [-0.15, -0.1) is 0 Å². The maximum Gasteiger partial charge on any atom is 0.0899 e. The van der Waals surface area contributed by atoms with Crippen LogP contribution in [-0.4, -0.2) is 67.3 Å². The molecule has 1 rings (SSSR count). The number of nitrogens with two attached hydrogens (primary N) is 1. The van der Waals surface area contributed by atoms with Crippen molar-refractivity contribution in [3.8, 4) is 0 Å². The van der Waals surface area contributed by atoms with Gasteiger partial charge in [-0.2, -0.15) is 0 Å². The summed E-state index contributed by atoms with van der Waals surface area (Å²) in [5.74, 6) is 0. The molecular weight excluding hydrogens is 210 g/mol. The van der Waals surface area contributed by atoms with E-state index in [0.717, 1.165) is 39.4 Å². The summed E-state index contributed by atoms with van der Waals surface area (Å²) in [4.78, 5) is 5.17. The minimum atomic E-state index is 0.182. The molecule has 15 heavy (non-hydrogen) atoms. The van der Waals surface area contributed by atoms with Gasteiger partial charge in [0.25, 0.3) is 0 Å². The molecule has 0 bridgehead atoms. The van der Waals surface area contributed by atoms with Crippen molar-refractivity contribution in [2.75, 3.05) is 46.4 Å². The van der Waals surface area contributed by atoms with Crippen molar-refractivity contribution < 1.29 is 4.74 Å². The van der Waals surface area contributed by atoms with Crippen LogP contribution in [0.15, 0.2) is 0 Å². The Morgan fingerprint density at radius 2 is 2.13 bits per heavy atom. The zero-order valence-corrected chi connectivity index (χ0v) is 10.4. The Morgan fingerprint density at radius 3 is 2.67 bits per heavy atom. The first-order chi connectivity index (χ1) is 7.11. The van der Waals surface area contributed by atoms with Crippen molar-refractivity contribution in [2.24, 2.45) is 5.73 Å². The lowest BCUT2D eigenvalue weighted by Crippen LogP contribution is -2.45. The van der Waals surface area contributed by atoms with E-state index in [1.165, 1.54) is 0 Å². The van der Waals surface area contributed by atoms with E-state index in [4.69, 9.17) is 22.7 Å². The van der Waals surface area contributed by atoms with Gasteiger partial charge in [0.15, 0.2) is 0 Å². The third-order valence-electron chi connectivity index (χ3n) is 2.95. The van der Waals surface area contributed by atoms with Crippen LogP contribution in [0.25, 0.3) is 0 Å². The van der Waals surface area contributed by atoms with E-state index >= 15 is 0 Å². The lowest BCUT2D eigenvalue weighted by molar-refractivity contribution is 0.0340. The van der Waals surface area contributed by atoms with Crippen molar-refractivity contribution in [3.63, 3.8) is 0 Å². The number of likely N-dealkylation sites (N-methyl/N-ethyl adjacent to an activating group) is 1. The molecule has 1 fully saturated rings. The Balaban J connectivity index is 2.20. The number of rotatable bonds is 5. The minimum Gasteiger partial charge on any atom is -0.392 e. The Kier molecular flexibility index (Phi) is 5.45. The van der Waals surface area contributed by atoms with Crippen molar-refractivity contribution in [1.29, 1.82) is 0 Å². The molecule has 0 amide bonds. The summed E-state index contributed by atoms with van der Waals surface area (Å²) in [7, 11) is 2.06. The van der Waals surface area contributed by atoms with E-state index in [-0.39, 0.29) is 6.04 Å². The van der Waals surface area contributed by atoms with Gasteiger partial charge >= 0.3 is 0 Å². The highest BCUT2D eigenvalue weighted by atomic mass is 32.1. The number of hydrogen-bond acceptors (Lipinski definition) is 4. The highest BCUT2D eigenvalue weighted by molar-refractivity contribution is 7.80. The van der Waals surface area contributed by atoms with Gasteiger partial charge in [0.2, 0.25) is 0 Å². The number of hydrogen-bond donors (Lipinski definition) is 1. The number of ether oxygens (including phenoxy) is 1. The maximum absolute atomic E-state index is 5.60. The predicted octanol–water partition coefficient (Wildman–Crippen LogP) is -0.0750. The smallest absolute Gasteiger partial charge is 0.0899 e. The van der Waals surface area contributed by atoms with Gasteiger partial charge in [0, 0.05) is 26.2 Å². The average molecular weight is 231 g/mol. The topological polar surface area (TPSA) is 41.7 Å². The third kappa shape index (κ3) is 4.42. The van der Waals surface area contributed by atoms with E-state index < -0.39 is 0 Å². The first-order valence-electron chi connectivity index (χ1n) is 5.41. The molecule has 0 aliphatic carbocycles. The number of morpholine rings is 1. The van der Waals surface area contributed by atoms with Crippen LogP contribution in [0.5, 0.6) is 0 Å². The molecule has 1 unspecified atom stereocenters. The van der Waals surface area contributed by atoms with Crippen molar-refractivity contribution in [3.05, 3.63) is 0 Å². The molecule has 1 saturated heterocycles. The van der Waals surface area contributed by atoms with Gasteiger partial charge in [0.05, 0.1) is 24.2 Å². The van der Waals surface area contributed by atoms with Crippen LogP contribution in [0.3, 0.4) is 0 Å². The van der Waals surface area contributed by atoms with Crippen molar-refractivity contribution in [2.45, 2.75) is 13.0 Å². The summed E-state index contributed by atoms with van der Waals surface area (Å²) >= 11 is 4.97. The Morgan fingerprint density at radius 1 is 1.53 bits per heavy atom. The van der Waals surface area contributed by atoms with Crippen LogP contribution in [0.1, 0.15) is 6.92 Å². The highest BCUT2D eigenvalue weighted by Crippen LogP contribution is 1.99. The molecule has 0 aromatic carbocycles. The van der Waals surface area contributed by atoms with Crippen molar-refractivity contribution >= 4 is 17.2 Å². The average Bonchev–Trinajstić information content (AvgIpc) is 2.26. The van der Waals surface area contributed by atoms with Crippen LogP contribution in [0, 0.1) is 0 Å². The molecule has 1 aliphatic heterocycles. The highest BCUT2D eigenvalue weighted by Gasteiger charge is 2.14. The van der Waals surface area contributed by atoms with Crippen LogP contribution in [0.2, 0.25) is 0 Å². The molecule has 2 N–H and O–H groups in total. The SMILES string of the molecule is CC(C(N)=S)N(C)CCN1CCOCC1. The fourth-order valence-electron chi connectivity index (χ4n) is 1.53. The molecule has 0 spiro atoms. The predicted molar refractivity (Wildman–Crippen MR) is 66.1 cm³/mol. The van der Waals surface area contributed by atoms with Gasteiger partial charge in [0.1, 0.15) is 0 Å². The molecule has 4 nitrogen and oxygen atoms in total. The monoisotopic (exact) mass is 231 g/mol. The molecule has 5 heteroatoms. The van der Waals surface area contributed by atoms with Gasteiger partial charge in [-0.3, -0.25) is 9.80 Å². The molecule has 1 heterocycles. The van der Waals surface area contributed by atoms with E-state index in [1.54, 1.807) is 0 Å². The van der Waals surface area contributed by atoms with E-state index in [1.807, 2.05) is 6.92 Å². The van der Waals surface area contributed by atoms with Crippen molar-refractivity contribution in [1.82, 2.24) is 9.80 Å². The first kappa shape index (κ1) is 12.8. The summed E-state index contributed by atoms with van der Waals surface area (Å²) in [5.41, 5.74) is 5.60. The van der Waals surface area contributed by atoms with Gasteiger partial charge in [-0.05, 0) is 14.0 Å². The second-order valence-electron chi connectivity index (χ2n) is 4.01. The van der Waals surface area contributed by atoms with Gasteiger partial charge < -0.3 is 10.5 Å². The standard InChI is InChI=1S/C10H21N3OS/c1-9(10(11)15)12(2)3-4-13-5-7-14-8-6-13/h9H,3-8H2,1-2H3,(H2,11,15). The number of nitrogens with zero attached hydrogens (tertiary/aromatic N) is 2. The zero-order valence-electron chi connectivity index (χ0n) is 9.61. The largest absolute Gasteiger partial charge is 0.392 e. The quantitative estimate of drug-likeness (QED) is 0.671. The summed E-state index contributed by atoms with van der Waals surface area (Å²) in [5, 5.41) is 0. The van der Waals surface area contributed by atoms with E-state index in [2.05, 4.69) is 16.8 Å². The van der Waals surface area contributed by atoms with Gasteiger partial charge in [-0.1, -0.05) is 12.2 Å². The molecule has 1 atom stereocenters. The van der Waals surface area contributed by atoms with E-state index in [9.17, 15) is 0 Å². The maximum atomic E-state index is 5.60. The molecular formula is C10H21N3OS. The molecule has 0 saturated carbocycles. The summed E-state index contributed by atoms with van der Waals surface area (Å²) in [6, 6.07) is 0.182. The van der Waals surface area contributed by atoms with Crippen LogP contribution in [0.4, 0.5) is 0 Å². The minimum absolute atomic E-state index is 0.182. The summed E-state index contributed by atoms with van der Waals surface area (Å²) in [6.07, 6.45) is 0. The molecule has 0 aromatic heterocycles. The van der Waals surface area contributed by atoms with Crippen LogP contribution in [-0.2, 0) is 4.74 Å². The summed E-state index contributed by atoms with van der Waals surface area (Å²) in [6.45, 7) is 7.89. The second-order valence-corrected chi connectivity index (χ2v) is 4.48. The Hall–Kier alpha value is -0.230. The normalized spacial score (nSPS) is 20.5. The molecule has 0 radical (unpaired) electrons. The molecule has 0 aromatic rings. The lowest BCUT2D eigenvalue weighted by atomic mass is 10.3. The fourth-order valence-corrected chi connectivity index (χ4v) is 1.71. The summed E-state index contributed by atoms with van der Waals surface area (Å²) < 4.78 is 5.30. The van der Waals surface area contributed by atoms with Crippen LogP contribution >= 0.6 is 12.2 Å². The molecule has 88 valence electrons. The van der Waals surface area contributed by atoms with Crippen LogP contribution < -0.4 is 5.73 Å². The lowest BCUT2D eigenvalue weighted by Gasteiger charge is -2.30. The van der Waals surface area contributed by atoms with E-state index in [0.29, 0.717) is 4.99 Å². The zero-order chi connectivity index (χ0) is 11.3. The Bertz CT molecular complexity index is 207. The van der Waals surface area contributed by atoms with Gasteiger partial charge in [-0.25, -0.2) is 0 Å². The third-order valence-corrected chi connectivity index (χ3v) is 3.29. The molecule has 1 aliphatic rings. The second kappa shape index (κ2) is 6.37. The Labute approximate surface area is 97.3 Å². The fraction of sp³-hybridized carbons (Fsp3) is 0.900. The number of thiocarbonyl (C=S) groups is 1.